The minimum atomic E-state index is -4.95. The highest BCUT2D eigenvalue weighted by Gasteiger charge is 2.30. The number of aliphatic hydroxyl groups excluding tert-OH is 1. The van der Waals surface area contributed by atoms with Crippen LogP contribution in [-0.2, 0) is 65.4 Å². The molecule has 0 aliphatic heterocycles. The third-order valence-electron chi connectivity index (χ3n) is 16.7. The number of phosphoric ester groups is 2. The quantitative estimate of drug-likeness (QED) is 0.0222. The molecular formula is C71H138O17P2. The lowest BCUT2D eigenvalue weighted by atomic mass is 9.99. The predicted octanol–water partition coefficient (Wildman–Crippen LogP) is 20.1. The van der Waals surface area contributed by atoms with E-state index in [1.807, 2.05) is 0 Å². The number of carbonyl (C=O) groups excluding carboxylic acids is 4. The zero-order valence-electron chi connectivity index (χ0n) is 58.8. The van der Waals surface area contributed by atoms with Crippen molar-refractivity contribution in [2.24, 2.45) is 23.7 Å². The fourth-order valence-corrected chi connectivity index (χ4v) is 12.2. The smallest absolute Gasteiger partial charge is 0.462 e. The molecule has 0 saturated carbocycles. The molecule has 0 aromatic heterocycles. The van der Waals surface area contributed by atoms with Crippen LogP contribution in [-0.4, -0.2) is 96.7 Å². The topological polar surface area (TPSA) is 237 Å². The molecule has 90 heavy (non-hydrogen) atoms. The lowest BCUT2D eigenvalue weighted by Gasteiger charge is -2.21. The van der Waals surface area contributed by atoms with Gasteiger partial charge in [-0.15, -0.1) is 0 Å². The van der Waals surface area contributed by atoms with E-state index in [1.54, 1.807) is 0 Å². The van der Waals surface area contributed by atoms with Gasteiger partial charge in [0.05, 0.1) is 26.4 Å². The average Bonchev–Trinajstić information content (AvgIpc) is 2.88. The molecule has 0 aromatic rings. The Morgan fingerprint density at radius 2 is 0.533 bits per heavy atom. The summed E-state index contributed by atoms with van der Waals surface area (Å²) in [6.07, 6.45) is 43.2. The van der Waals surface area contributed by atoms with E-state index in [0.29, 0.717) is 31.6 Å². The van der Waals surface area contributed by atoms with Gasteiger partial charge in [0.2, 0.25) is 0 Å². The van der Waals surface area contributed by atoms with Crippen molar-refractivity contribution in [3.05, 3.63) is 0 Å². The van der Waals surface area contributed by atoms with E-state index in [9.17, 15) is 43.2 Å². The number of esters is 4. The summed E-state index contributed by atoms with van der Waals surface area (Å²) in [5, 5.41) is 10.6. The van der Waals surface area contributed by atoms with Crippen LogP contribution in [0.3, 0.4) is 0 Å². The van der Waals surface area contributed by atoms with Gasteiger partial charge in [-0.2, -0.15) is 0 Å². The Bertz CT molecular complexity index is 1780. The summed E-state index contributed by atoms with van der Waals surface area (Å²) < 4.78 is 68.3. The van der Waals surface area contributed by atoms with Crippen LogP contribution >= 0.6 is 15.6 Å². The molecule has 0 aromatic carbocycles. The van der Waals surface area contributed by atoms with E-state index in [4.69, 9.17) is 37.0 Å². The number of carbonyl (C=O) groups is 4. The van der Waals surface area contributed by atoms with Gasteiger partial charge in [0.15, 0.2) is 12.2 Å². The van der Waals surface area contributed by atoms with E-state index in [2.05, 4.69) is 55.4 Å². The monoisotopic (exact) mass is 1320 g/mol. The maximum atomic E-state index is 13.0. The molecule has 0 radical (unpaired) electrons. The molecular weight excluding hydrogens is 1190 g/mol. The molecule has 19 heteroatoms. The van der Waals surface area contributed by atoms with Gasteiger partial charge in [0, 0.05) is 25.7 Å². The van der Waals surface area contributed by atoms with Crippen molar-refractivity contribution >= 4 is 39.5 Å². The van der Waals surface area contributed by atoms with E-state index in [0.717, 1.165) is 114 Å². The number of hydrogen-bond donors (Lipinski definition) is 3. The Kier molecular flexibility index (Phi) is 59.4. The number of ether oxygens (including phenoxy) is 4. The fourth-order valence-electron chi connectivity index (χ4n) is 10.6. The molecule has 0 fully saturated rings. The van der Waals surface area contributed by atoms with Gasteiger partial charge in [-0.05, 0) is 49.4 Å². The Hall–Kier alpha value is -1.94. The predicted molar refractivity (Wildman–Crippen MR) is 363 cm³/mol. The fraction of sp³-hybridized carbons (Fsp3) is 0.944. The molecule has 0 aliphatic carbocycles. The molecule has 534 valence electrons. The zero-order valence-corrected chi connectivity index (χ0v) is 60.6. The molecule has 0 aliphatic rings. The number of rotatable bonds is 68. The largest absolute Gasteiger partial charge is 0.472 e. The maximum Gasteiger partial charge on any atom is 0.472 e. The second-order valence-electron chi connectivity index (χ2n) is 27.3. The molecule has 3 N–H and O–H groups in total. The van der Waals surface area contributed by atoms with Gasteiger partial charge in [0.1, 0.15) is 19.3 Å². The molecule has 0 saturated heterocycles. The molecule has 0 heterocycles. The van der Waals surface area contributed by atoms with Gasteiger partial charge >= 0.3 is 39.5 Å². The lowest BCUT2D eigenvalue weighted by molar-refractivity contribution is -0.161. The average molecular weight is 1330 g/mol. The number of unbranched alkanes of at least 4 members (excludes halogenated alkanes) is 33. The number of aliphatic hydroxyl groups is 1. The van der Waals surface area contributed by atoms with Crippen molar-refractivity contribution < 1.29 is 80.2 Å². The van der Waals surface area contributed by atoms with Crippen molar-refractivity contribution in [1.82, 2.24) is 0 Å². The van der Waals surface area contributed by atoms with Gasteiger partial charge < -0.3 is 33.8 Å². The highest BCUT2D eigenvalue weighted by molar-refractivity contribution is 7.47. The van der Waals surface area contributed by atoms with Crippen LogP contribution < -0.4 is 0 Å². The van der Waals surface area contributed by atoms with Crippen molar-refractivity contribution in [3.63, 3.8) is 0 Å². The Morgan fingerprint density at radius 3 is 0.789 bits per heavy atom. The molecule has 0 spiro atoms. The van der Waals surface area contributed by atoms with E-state index >= 15 is 0 Å². The standard InChI is InChI=1S/C71H138O17P2/c1-9-64(8)50-42-34-25-20-22-26-35-43-51-68(73)81-57-66(87-70(75)53-45-37-27-18-16-14-12-10-11-13-15-17-23-31-39-47-61(2)3)59-85-89(77,78)83-55-65(72)56-84-90(79,80)86-60-67(58-82-69(74)52-44-36-30-29-33-41-49-63(6)7)88-71(76)54-46-38-28-21-19-24-32-40-48-62(4)5/h61-67,72H,9-60H2,1-8H3,(H,77,78)(H,79,80)/t64?,65-,66-,67-/m1/s1. The second kappa shape index (κ2) is 60.7. The number of phosphoric acid groups is 2. The first-order valence-corrected chi connectivity index (χ1v) is 39.7. The molecule has 3 unspecified atom stereocenters. The lowest BCUT2D eigenvalue weighted by Crippen LogP contribution is -2.30. The second-order valence-corrected chi connectivity index (χ2v) is 30.2. The van der Waals surface area contributed by atoms with Crippen molar-refractivity contribution in [2.75, 3.05) is 39.6 Å². The van der Waals surface area contributed by atoms with E-state index in [-0.39, 0.29) is 25.7 Å². The molecule has 17 nitrogen and oxygen atoms in total. The summed E-state index contributed by atoms with van der Waals surface area (Å²) in [6.45, 7) is 14.1. The minimum Gasteiger partial charge on any atom is -0.462 e. The van der Waals surface area contributed by atoms with Crippen LogP contribution in [0, 0.1) is 23.7 Å². The van der Waals surface area contributed by atoms with Crippen molar-refractivity contribution in [1.29, 1.82) is 0 Å². The van der Waals surface area contributed by atoms with Gasteiger partial charge in [0.25, 0.3) is 0 Å². The Balaban J connectivity index is 5.23. The Labute approximate surface area is 549 Å². The van der Waals surface area contributed by atoms with Crippen LogP contribution in [0.25, 0.3) is 0 Å². The first kappa shape index (κ1) is 88.1. The SMILES string of the molecule is CCC(C)CCCCCCCCCCC(=O)OC[C@H](COP(=O)(O)OC[C@@H](O)COP(=O)(O)OC[C@@H](COC(=O)CCCCCCCCC(C)C)OC(=O)CCCCCCCCCCC(C)C)OC(=O)CCCCCCCCCCCCCCCCCC(C)C. The van der Waals surface area contributed by atoms with Crippen molar-refractivity contribution in [3.8, 4) is 0 Å². The maximum absolute atomic E-state index is 13.0. The van der Waals surface area contributed by atoms with Crippen LogP contribution in [0.2, 0.25) is 0 Å². The minimum absolute atomic E-state index is 0.103. The van der Waals surface area contributed by atoms with Gasteiger partial charge in [-0.3, -0.25) is 37.3 Å². The summed E-state index contributed by atoms with van der Waals surface area (Å²) in [7, 11) is -9.90. The van der Waals surface area contributed by atoms with Gasteiger partial charge in [-0.25, -0.2) is 9.13 Å². The third kappa shape index (κ3) is 63.5. The summed E-state index contributed by atoms with van der Waals surface area (Å²) in [5.74, 6) is 0.846. The highest BCUT2D eigenvalue weighted by atomic mass is 31.2. The Morgan fingerprint density at radius 1 is 0.311 bits per heavy atom. The molecule has 0 bridgehead atoms. The summed E-state index contributed by atoms with van der Waals surface area (Å²) in [6, 6.07) is 0. The summed E-state index contributed by atoms with van der Waals surface area (Å²) >= 11 is 0. The first-order valence-electron chi connectivity index (χ1n) is 36.7. The molecule has 0 amide bonds. The summed E-state index contributed by atoms with van der Waals surface area (Å²) in [4.78, 5) is 72.5. The summed E-state index contributed by atoms with van der Waals surface area (Å²) in [5.41, 5.74) is 0. The van der Waals surface area contributed by atoms with Crippen LogP contribution in [0.1, 0.15) is 351 Å². The van der Waals surface area contributed by atoms with Gasteiger partial charge in [-0.1, -0.05) is 299 Å². The first-order chi connectivity index (χ1) is 43.1. The number of hydrogen-bond acceptors (Lipinski definition) is 15. The third-order valence-corrected chi connectivity index (χ3v) is 18.6. The highest BCUT2D eigenvalue weighted by Crippen LogP contribution is 2.45. The van der Waals surface area contributed by atoms with Crippen LogP contribution in [0.15, 0.2) is 0 Å². The van der Waals surface area contributed by atoms with Crippen LogP contribution in [0.4, 0.5) is 0 Å². The van der Waals surface area contributed by atoms with Crippen molar-refractivity contribution in [2.45, 2.75) is 369 Å². The van der Waals surface area contributed by atoms with E-state index < -0.39 is 97.5 Å². The molecule has 6 atom stereocenters. The van der Waals surface area contributed by atoms with E-state index in [1.165, 1.54) is 148 Å². The van der Waals surface area contributed by atoms with Crippen LogP contribution in [0.5, 0.6) is 0 Å². The molecule has 0 rings (SSSR count). The normalized spacial score (nSPS) is 14.6. The zero-order chi connectivity index (χ0) is 66.8.